The maximum atomic E-state index is 13.8. The maximum Gasteiger partial charge on any atom is 0.434 e. The van der Waals surface area contributed by atoms with Crippen LogP contribution in [0.5, 0.6) is 5.75 Å². The van der Waals surface area contributed by atoms with Crippen molar-refractivity contribution in [2.24, 2.45) is 5.92 Å². The van der Waals surface area contributed by atoms with Gasteiger partial charge in [0.05, 0.1) is 5.56 Å². The number of fused-ring (bicyclic) bond motifs is 1. The molecule has 1 aromatic carbocycles. The Morgan fingerprint density at radius 3 is 2.29 bits per heavy atom. The van der Waals surface area contributed by atoms with Crippen LogP contribution in [0.4, 0.5) is 26.3 Å². The maximum absolute atomic E-state index is 13.8. The van der Waals surface area contributed by atoms with Crippen molar-refractivity contribution in [3.05, 3.63) is 52.2 Å². The number of benzene rings is 1. The quantitative estimate of drug-likeness (QED) is 0.528. The van der Waals surface area contributed by atoms with Gasteiger partial charge in [-0.1, -0.05) is 12.1 Å². The zero-order valence-corrected chi connectivity index (χ0v) is 16.2. The summed E-state index contributed by atoms with van der Waals surface area (Å²) in [5.74, 6) is 0.0795. The Bertz CT molecular complexity index is 1170. The molecule has 1 fully saturated rings. The van der Waals surface area contributed by atoms with Crippen molar-refractivity contribution in [2.45, 2.75) is 38.7 Å². The van der Waals surface area contributed by atoms with Crippen molar-refractivity contribution >= 4 is 5.78 Å². The van der Waals surface area contributed by atoms with E-state index in [2.05, 4.69) is 9.72 Å². The number of aromatic nitrogens is 3. The molecular weight excluding hydrogens is 428 g/mol. The molecule has 0 amide bonds. The van der Waals surface area contributed by atoms with E-state index in [0.29, 0.717) is 18.2 Å². The number of halogens is 6. The Morgan fingerprint density at radius 2 is 1.74 bits per heavy atom. The van der Waals surface area contributed by atoms with Gasteiger partial charge in [-0.3, -0.25) is 9.20 Å². The van der Waals surface area contributed by atoms with Gasteiger partial charge in [0.15, 0.2) is 12.3 Å². The molecule has 0 spiro atoms. The molecule has 2 aromatic heterocycles. The third-order valence-electron chi connectivity index (χ3n) is 5.03. The summed E-state index contributed by atoms with van der Waals surface area (Å²) in [5, 5.41) is 0. The molecule has 1 saturated carbocycles. The van der Waals surface area contributed by atoms with Crippen molar-refractivity contribution < 1.29 is 31.1 Å². The van der Waals surface area contributed by atoms with E-state index in [1.165, 1.54) is 6.20 Å². The number of hydrogen-bond donors (Lipinski definition) is 0. The Kier molecular flexibility index (Phi) is 5.01. The van der Waals surface area contributed by atoms with Gasteiger partial charge in [-0.25, -0.2) is 4.98 Å². The van der Waals surface area contributed by atoms with E-state index in [1.807, 2.05) is 0 Å². The minimum Gasteiger partial charge on any atom is -0.484 e. The van der Waals surface area contributed by atoms with Crippen LogP contribution in [0.15, 0.2) is 35.3 Å². The monoisotopic (exact) mass is 445 g/mol. The Hall–Kier alpha value is -2.98. The smallest absolute Gasteiger partial charge is 0.434 e. The average Bonchev–Trinajstić information content (AvgIpc) is 3.43. The first kappa shape index (κ1) is 21.3. The lowest BCUT2D eigenvalue weighted by Gasteiger charge is -2.14. The van der Waals surface area contributed by atoms with E-state index >= 15 is 0 Å². The van der Waals surface area contributed by atoms with Gasteiger partial charge in [-0.05, 0) is 43.4 Å². The van der Waals surface area contributed by atoms with Gasteiger partial charge >= 0.3 is 12.4 Å². The van der Waals surface area contributed by atoms with Crippen LogP contribution >= 0.6 is 0 Å². The predicted molar refractivity (Wildman–Crippen MR) is 98.9 cm³/mol. The van der Waals surface area contributed by atoms with Gasteiger partial charge in [0.1, 0.15) is 5.75 Å². The highest BCUT2D eigenvalue weighted by molar-refractivity contribution is 5.67. The minimum atomic E-state index is -4.91. The molecule has 5 nitrogen and oxygen atoms in total. The normalized spacial score (nSPS) is 14.9. The third-order valence-corrected chi connectivity index (χ3v) is 5.03. The molecule has 0 atom stereocenters. The number of rotatable bonds is 5. The van der Waals surface area contributed by atoms with Crippen LogP contribution in [0.2, 0.25) is 0 Å². The van der Waals surface area contributed by atoms with E-state index in [1.54, 1.807) is 11.5 Å². The van der Waals surface area contributed by atoms with Gasteiger partial charge in [0.25, 0.3) is 5.56 Å². The molecule has 2 heterocycles. The molecular formula is C20H17F6N3O2. The van der Waals surface area contributed by atoms with Gasteiger partial charge in [-0.15, -0.1) is 0 Å². The van der Waals surface area contributed by atoms with Crippen molar-refractivity contribution in [3.63, 3.8) is 0 Å². The summed E-state index contributed by atoms with van der Waals surface area (Å²) < 4.78 is 85.6. The summed E-state index contributed by atoms with van der Waals surface area (Å²) in [6, 6.07) is 4.39. The molecule has 1 aliphatic carbocycles. The van der Waals surface area contributed by atoms with Crippen LogP contribution in [0, 0.1) is 12.8 Å². The summed E-state index contributed by atoms with van der Waals surface area (Å²) in [6.45, 7) is 0.636. The molecule has 0 bridgehead atoms. The molecule has 31 heavy (non-hydrogen) atoms. The zero-order valence-electron chi connectivity index (χ0n) is 16.2. The molecule has 11 heteroatoms. The van der Waals surface area contributed by atoms with Crippen LogP contribution in [0.1, 0.15) is 24.2 Å². The Morgan fingerprint density at radius 1 is 1.10 bits per heavy atom. The van der Waals surface area contributed by atoms with Crippen LogP contribution in [0.3, 0.4) is 0 Å². The second-order valence-corrected chi connectivity index (χ2v) is 7.56. The minimum absolute atomic E-state index is 0.0874. The average molecular weight is 445 g/mol. The standard InChI is InChI=1S/C20H17F6N3O2/c1-11-8-29-17(30)15(13-4-6-14(7-5-13)31-10-19(21,22)23)16(20(24,25)26)27-18(29)28(11)9-12-2-3-12/h4-8,12H,2-3,9-10H2,1H3. The number of aryl methyl sites for hydroxylation is 1. The molecule has 3 aromatic rings. The van der Waals surface area contributed by atoms with Crippen molar-refractivity contribution in [2.75, 3.05) is 6.61 Å². The molecule has 0 saturated heterocycles. The summed E-state index contributed by atoms with van der Waals surface area (Å²) in [7, 11) is 0. The van der Waals surface area contributed by atoms with Crippen LogP contribution < -0.4 is 10.3 Å². The molecule has 0 radical (unpaired) electrons. The fraction of sp³-hybridized carbons (Fsp3) is 0.400. The molecule has 4 rings (SSSR count). The van der Waals surface area contributed by atoms with Crippen LogP contribution in [0.25, 0.3) is 16.9 Å². The second kappa shape index (κ2) is 7.31. The first-order valence-electron chi connectivity index (χ1n) is 9.44. The van der Waals surface area contributed by atoms with E-state index in [0.717, 1.165) is 41.5 Å². The lowest BCUT2D eigenvalue weighted by atomic mass is 10.0. The van der Waals surface area contributed by atoms with Gasteiger partial charge in [0.2, 0.25) is 5.78 Å². The van der Waals surface area contributed by atoms with Crippen molar-refractivity contribution in [3.8, 4) is 16.9 Å². The zero-order chi connectivity index (χ0) is 22.6. The SMILES string of the molecule is Cc1cn2c(=O)c(-c3ccc(OCC(F)(F)F)cc3)c(C(F)(F)F)nc2n1CC1CC1. The first-order chi connectivity index (χ1) is 14.4. The topological polar surface area (TPSA) is 48.5 Å². The van der Waals surface area contributed by atoms with Gasteiger partial charge in [-0.2, -0.15) is 26.3 Å². The van der Waals surface area contributed by atoms with Crippen LogP contribution in [-0.4, -0.2) is 26.7 Å². The van der Waals surface area contributed by atoms with Crippen molar-refractivity contribution in [1.82, 2.24) is 14.0 Å². The number of ether oxygens (including phenoxy) is 1. The number of nitrogens with zero attached hydrogens (tertiary/aromatic N) is 3. The summed E-state index contributed by atoms with van der Waals surface area (Å²) in [4.78, 5) is 16.8. The number of imidazole rings is 1. The third kappa shape index (κ3) is 4.40. The largest absolute Gasteiger partial charge is 0.484 e. The lowest BCUT2D eigenvalue weighted by molar-refractivity contribution is -0.153. The Labute approximate surface area is 171 Å². The van der Waals surface area contributed by atoms with E-state index in [9.17, 15) is 31.1 Å². The lowest BCUT2D eigenvalue weighted by Crippen LogP contribution is -2.24. The van der Waals surface area contributed by atoms with Crippen molar-refractivity contribution in [1.29, 1.82) is 0 Å². The highest BCUT2D eigenvalue weighted by Gasteiger charge is 2.39. The number of hydrogen-bond acceptors (Lipinski definition) is 3. The second-order valence-electron chi connectivity index (χ2n) is 7.56. The molecule has 0 aliphatic heterocycles. The van der Waals surface area contributed by atoms with Gasteiger partial charge in [0, 0.05) is 18.4 Å². The Balaban J connectivity index is 1.81. The fourth-order valence-corrected chi connectivity index (χ4v) is 3.38. The summed E-state index contributed by atoms with van der Waals surface area (Å²) in [6.07, 6.45) is -6.07. The highest BCUT2D eigenvalue weighted by atomic mass is 19.4. The number of alkyl halides is 6. The summed E-state index contributed by atoms with van der Waals surface area (Å²) in [5.41, 5.74) is -2.42. The van der Waals surface area contributed by atoms with E-state index in [4.69, 9.17) is 0 Å². The van der Waals surface area contributed by atoms with Crippen LogP contribution in [-0.2, 0) is 12.7 Å². The molecule has 0 unspecified atom stereocenters. The first-order valence-corrected chi connectivity index (χ1v) is 9.44. The van der Waals surface area contributed by atoms with Gasteiger partial charge < -0.3 is 9.30 Å². The molecule has 1 aliphatic rings. The van der Waals surface area contributed by atoms with E-state index < -0.39 is 35.8 Å². The predicted octanol–water partition coefficient (Wildman–Crippen LogP) is 4.84. The fourth-order valence-electron chi connectivity index (χ4n) is 3.38. The molecule has 0 N–H and O–H groups in total. The molecule has 166 valence electrons. The highest BCUT2D eigenvalue weighted by Crippen LogP contribution is 2.36. The summed E-state index contributed by atoms with van der Waals surface area (Å²) >= 11 is 0. The van der Waals surface area contributed by atoms with E-state index in [-0.39, 0.29) is 17.1 Å².